The number of aromatic nitrogens is 3. The third-order valence-corrected chi connectivity index (χ3v) is 3.79. The Bertz CT molecular complexity index is 753. The van der Waals surface area contributed by atoms with Gasteiger partial charge >= 0.3 is 0 Å². The van der Waals surface area contributed by atoms with Crippen LogP contribution in [0.4, 0.5) is 8.78 Å². The zero-order valence-electron chi connectivity index (χ0n) is 10.5. The predicted molar refractivity (Wildman–Crippen MR) is 75.1 cm³/mol. The van der Waals surface area contributed by atoms with E-state index in [2.05, 4.69) is 9.97 Å². The van der Waals surface area contributed by atoms with Gasteiger partial charge in [-0.1, -0.05) is 0 Å². The van der Waals surface area contributed by atoms with Gasteiger partial charge in [0.15, 0.2) is 5.82 Å². The van der Waals surface area contributed by atoms with Crippen LogP contribution in [0, 0.1) is 11.6 Å². The molecule has 1 aromatic carbocycles. The highest BCUT2D eigenvalue weighted by Gasteiger charge is 2.19. The maximum absolute atomic E-state index is 13.8. The van der Waals surface area contributed by atoms with Gasteiger partial charge in [-0.05, 0) is 13.0 Å². The molecule has 0 bridgehead atoms. The zero-order chi connectivity index (χ0) is 14.3. The number of benzene rings is 1. The number of hydrogen-bond acceptors (Lipinski definition) is 3. The maximum Gasteiger partial charge on any atom is 0.153 e. The minimum Gasteiger partial charge on any atom is -0.320 e. The first-order chi connectivity index (χ1) is 9.56. The topological polar surface area (TPSA) is 30.7 Å². The fourth-order valence-electron chi connectivity index (χ4n) is 2.11. The van der Waals surface area contributed by atoms with E-state index in [9.17, 15) is 8.78 Å². The SMILES string of the molecule is CC(Cl)c1nc2c(F)cc(F)cc2n1Cc1cscn1. The Morgan fingerprint density at radius 3 is 2.85 bits per heavy atom. The summed E-state index contributed by atoms with van der Waals surface area (Å²) in [4.78, 5) is 8.38. The molecule has 0 aliphatic rings. The minimum absolute atomic E-state index is 0.129. The van der Waals surface area contributed by atoms with E-state index in [1.807, 2.05) is 5.38 Å². The van der Waals surface area contributed by atoms with Crippen LogP contribution in [0.15, 0.2) is 23.0 Å². The van der Waals surface area contributed by atoms with Crippen molar-refractivity contribution in [3.63, 3.8) is 0 Å². The van der Waals surface area contributed by atoms with Crippen LogP contribution in [0.25, 0.3) is 11.0 Å². The number of thiazole rings is 1. The number of nitrogens with zero attached hydrogens (tertiary/aromatic N) is 3. The van der Waals surface area contributed by atoms with E-state index in [1.165, 1.54) is 17.4 Å². The number of rotatable bonds is 3. The number of fused-ring (bicyclic) bond motifs is 1. The zero-order valence-corrected chi connectivity index (χ0v) is 12.1. The lowest BCUT2D eigenvalue weighted by molar-refractivity contribution is 0.590. The first-order valence-corrected chi connectivity index (χ1v) is 7.30. The molecule has 0 fully saturated rings. The molecule has 0 aliphatic carbocycles. The average molecular weight is 314 g/mol. The summed E-state index contributed by atoms with van der Waals surface area (Å²) in [5.74, 6) is -0.821. The molecule has 3 rings (SSSR count). The van der Waals surface area contributed by atoms with Crippen molar-refractivity contribution in [3.05, 3.63) is 46.2 Å². The molecule has 0 aliphatic heterocycles. The average Bonchev–Trinajstić information content (AvgIpc) is 2.98. The molecule has 1 unspecified atom stereocenters. The van der Waals surface area contributed by atoms with E-state index < -0.39 is 17.0 Å². The molecule has 0 saturated heterocycles. The second-order valence-corrected chi connectivity index (χ2v) is 5.78. The fourth-order valence-corrected chi connectivity index (χ4v) is 2.83. The molecule has 1 atom stereocenters. The number of alkyl halides is 1. The van der Waals surface area contributed by atoms with E-state index in [1.54, 1.807) is 17.0 Å². The lowest BCUT2D eigenvalue weighted by Gasteiger charge is -2.08. The summed E-state index contributed by atoms with van der Waals surface area (Å²) in [6.45, 7) is 2.13. The molecule has 0 spiro atoms. The van der Waals surface area contributed by atoms with Crippen LogP contribution in [0.5, 0.6) is 0 Å². The maximum atomic E-state index is 13.8. The van der Waals surface area contributed by atoms with Crippen molar-refractivity contribution < 1.29 is 8.78 Å². The van der Waals surface area contributed by atoms with E-state index in [4.69, 9.17) is 11.6 Å². The molecule has 3 nitrogen and oxygen atoms in total. The molecule has 3 aromatic rings. The predicted octanol–water partition coefficient (Wildman–Crippen LogP) is 4.12. The monoisotopic (exact) mass is 313 g/mol. The van der Waals surface area contributed by atoms with Gasteiger partial charge in [0.2, 0.25) is 0 Å². The molecular weight excluding hydrogens is 304 g/mol. The van der Waals surface area contributed by atoms with Gasteiger partial charge in [0.1, 0.15) is 17.2 Å². The Kier molecular flexibility index (Phi) is 3.43. The molecule has 7 heteroatoms. The van der Waals surface area contributed by atoms with E-state index in [-0.39, 0.29) is 5.52 Å². The summed E-state index contributed by atoms with van der Waals surface area (Å²) >= 11 is 7.56. The van der Waals surface area contributed by atoms with Crippen molar-refractivity contribution in [2.24, 2.45) is 0 Å². The largest absolute Gasteiger partial charge is 0.320 e. The van der Waals surface area contributed by atoms with E-state index in [0.717, 1.165) is 11.8 Å². The minimum atomic E-state index is -0.685. The third-order valence-electron chi connectivity index (χ3n) is 2.96. The van der Waals surface area contributed by atoms with E-state index in [0.29, 0.717) is 17.9 Å². The van der Waals surface area contributed by atoms with Gasteiger partial charge in [0.05, 0.1) is 28.6 Å². The first kappa shape index (κ1) is 13.5. The van der Waals surface area contributed by atoms with Gasteiger partial charge in [0, 0.05) is 11.4 Å². The lowest BCUT2D eigenvalue weighted by atomic mass is 10.3. The third kappa shape index (κ3) is 2.29. The van der Waals surface area contributed by atoms with Gasteiger partial charge in [-0.3, -0.25) is 0 Å². The Morgan fingerprint density at radius 2 is 2.20 bits per heavy atom. The lowest BCUT2D eigenvalue weighted by Crippen LogP contribution is -2.06. The van der Waals surface area contributed by atoms with Gasteiger partial charge in [-0.2, -0.15) is 0 Å². The summed E-state index contributed by atoms with van der Waals surface area (Å²) in [6, 6.07) is 2.09. The van der Waals surface area contributed by atoms with Crippen LogP contribution in [0.1, 0.15) is 23.8 Å². The second kappa shape index (κ2) is 5.10. The molecule has 20 heavy (non-hydrogen) atoms. The summed E-state index contributed by atoms with van der Waals surface area (Å²) < 4.78 is 29.0. The highest BCUT2D eigenvalue weighted by atomic mass is 35.5. The van der Waals surface area contributed by atoms with Crippen LogP contribution >= 0.6 is 22.9 Å². The molecule has 0 amide bonds. The molecule has 0 N–H and O–H groups in total. The van der Waals surface area contributed by atoms with Crippen LogP contribution in [-0.4, -0.2) is 14.5 Å². The molecule has 2 heterocycles. The Balaban J connectivity index is 2.23. The smallest absolute Gasteiger partial charge is 0.153 e. The Morgan fingerprint density at radius 1 is 1.40 bits per heavy atom. The summed E-state index contributed by atoms with van der Waals surface area (Å²) in [5.41, 5.74) is 3.03. The first-order valence-electron chi connectivity index (χ1n) is 5.92. The standard InChI is InChI=1S/C13H10ClF2N3S/c1-7(14)13-18-12-10(16)2-8(15)3-11(12)19(13)4-9-5-20-6-17-9/h2-3,5-7H,4H2,1H3. The van der Waals surface area contributed by atoms with Crippen LogP contribution in [-0.2, 0) is 6.54 Å². The second-order valence-electron chi connectivity index (χ2n) is 4.41. The van der Waals surface area contributed by atoms with Gasteiger partial charge in [-0.25, -0.2) is 18.7 Å². The summed E-state index contributed by atoms with van der Waals surface area (Å²) in [6.07, 6.45) is 0. The van der Waals surface area contributed by atoms with Crippen molar-refractivity contribution in [1.82, 2.24) is 14.5 Å². The van der Waals surface area contributed by atoms with Crippen LogP contribution in [0.2, 0.25) is 0 Å². The highest BCUT2D eigenvalue weighted by molar-refractivity contribution is 7.07. The van der Waals surface area contributed by atoms with Crippen molar-refractivity contribution in [3.8, 4) is 0 Å². The summed E-state index contributed by atoms with van der Waals surface area (Å²) in [7, 11) is 0. The quantitative estimate of drug-likeness (QED) is 0.681. The fraction of sp³-hybridized carbons (Fsp3) is 0.231. The van der Waals surface area contributed by atoms with E-state index >= 15 is 0 Å². The Hall–Kier alpha value is -1.53. The van der Waals surface area contributed by atoms with Crippen molar-refractivity contribution in [2.75, 3.05) is 0 Å². The van der Waals surface area contributed by atoms with Crippen LogP contribution < -0.4 is 0 Å². The molecule has 104 valence electrons. The number of halogens is 3. The molecule has 0 radical (unpaired) electrons. The van der Waals surface area contributed by atoms with Gasteiger partial charge < -0.3 is 4.57 Å². The highest BCUT2D eigenvalue weighted by Crippen LogP contribution is 2.27. The van der Waals surface area contributed by atoms with Crippen molar-refractivity contribution in [1.29, 1.82) is 0 Å². The molecule has 0 saturated carbocycles. The van der Waals surface area contributed by atoms with Gasteiger partial charge in [-0.15, -0.1) is 22.9 Å². The number of imidazole rings is 1. The van der Waals surface area contributed by atoms with Crippen LogP contribution in [0.3, 0.4) is 0 Å². The number of hydrogen-bond donors (Lipinski definition) is 0. The molecule has 2 aromatic heterocycles. The normalized spacial score (nSPS) is 13.0. The summed E-state index contributed by atoms with van der Waals surface area (Å²) in [5, 5.41) is 1.47. The van der Waals surface area contributed by atoms with Crippen molar-refractivity contribution >= 4 is 34.0 Å². The van der Waals surface area contributed by atoms with Gasteiger partial charge in [0.25, 0.3) is 0 Å². The Labute approximate surface area is 122 Å². The van der Waals surface area contributed by atoms with Crippen molar-refractivity contribution in [2.45, 2.75) is 18.8 Å². The molecular formula is C13H10ClF2N3S.